The van der Waals surface area contributed by atoms with Crippen LogP contribution in [0.1, 0.15) is 52.1 Å². The van der Waals surface area contributed by atoms with Gasteiger partial charge in [0.2, 0.25) is 0 Å². The number of benzene rings is 2. The fourth-order valence-electron chi connectivity index (χ4n) is 4.98. The highest BCUT2D eigenvalue weighted by Crippen LogP contribution is 2.41. The van der Waals surface area contributed by atoms with Gasteiger partial charge in [-0.1, -0.05) is 41.6 Å². The highest BCUT2D eigenvalue weighted by molar-refractivity contribution is 5.99. The van der Waals surface area contributed by atoms with Crippen LogP contribution in [0.3, 0.4) is 0 Å². The molecule has 1 aliphatic rings. The molecule has 0 fully saturated rings. The van der Waals surface area contributed by atoms with Gasteiger partial charge in [0.25, 0.3) is 0 Å². The molecule has 0 unspecified atom stereocenters. The third kappa shape index (κ3) is 3.62. The number of nitrogens with one attached hydrogen (secondary N) is 1. The maximum absolute atomic E-state index is 11.7. The lowest BCUT2D eigenvalue weighted by atomic mass is 9.90. The number of nitrogens with zero attached hydrogens (tertiary/aromatic N) is 4. The number of aromatic amines is 1. The Bertz CT molecular complexity index is 1740. The first kappa shape index (κ1) is 22.0. The van der Waals surface area contributed by atoms with E-state index in [1.165, 1.54) is 0 Å². The quantitative estimate of drug-likeness (QED) is 0.393. The first-order valence-corrected chi connectivity index (χ1v) is 11.8. The van der Waals surface area contributed by atoms with E-state index in [1.807, 2.05) is 32.9 Å². The minimum absolute atomic E-state index is 0.402. The van der Waals surface area contributed by atoms with Crippen molar-refractivity contribution in [3.05, 3.63) is 104 Å². The van der Waals surface area contributed by atoms with Gasteiger partial charge in [-0.15, -0.1) is 0 Å². The summed E-state index contributed by atoms with van der Waals surface area (Å²) in [6.07, 6.45) is 0. The van der Waals surface area contributed by atoms with Gasteiger partial charge in [0, 0.05) is 16.8 Å². The molecule has 0 atom stereocenters. The summed E-state index contributed by atoms with van der Waals surface area (Å²) in [4.78, 5) is 23.9. The van der Waals surface area contributed by atoms with E-state index >= 15 is 0 Å². The number of H-pyrrole nitrogens is 1. The second-order valence-corrected chi connectivity index (χ2v) is 9.22. The van der Waals surface area contributed by atoms with Crippen LogP contribution in [0.5, 0.6) is 5.75 Å². The van der Waals surface area contributed by atoms with Crippen LogP contribution < -0.4 is 10.5 Å². The Balaban J connectivity index is 1.48. The Kier molecular flexibility index (Phi) is 5.10. The summed E-state index contributed by atoms with van der Waals surface area (Å²) in [6.45, 7) is 9.07. The molecule has 180 valence electrons. The van der Waals surface area contributed by atoms with Gasteiger partial charge in [0.15, 0.2) is 11.5 Å². The zero-order valence-electron chi connectivity index (χ0n) is 20.5. The van der Waals surface area contributed by atoms with Gasteiger partial charge >= 0.3 is 5.76 Å². The maximum atomic E-state index is 11.7. The number of ether oxygens (including phenoxy) is 1. The Morgan fingerprint density at radius 2 is 1.89 bits per heavy atom. The summed E-state index contributed by atoms with van der Waals surface area (Å²) >= 11 is 0. The number of hydrogen-bond donors (Lipinski definition) is 1. The van der Waals surface area contributed by atoms with Crippen molar-refractivity contribution < 1.29 is 9.26 Å². The summed E-state index contributed by atoms with van der Waals surface area (Å²) in [5.41, 5.74) is 9.78. The van der Waals surface area contributed by atoms with Crippen molar-refractivity contribution in [2.75, 3.05) is 0 Å². The van der Waals surface area contributed by atoms with E-state index in [4.69, 9.17) is 19.2 Å². The molecular formula is C28H25N5O3. The van der Waals surface area contributed by atoms with Crippen LogP contribution in [0.2, 0.25) is 0 Å². The molecule has 8 heteroatoms. The van der Waals surface area contributed by atoms with Crippen LogP contribution in [0.25, 0.3) is 22.3 Å². The van der Waals surface area contributed by atoms with Crippen LogP contribution in [-0.2, 0) is 13.2 Å². The zero-order valence-corrected chi connectivity index (χ0v) is 20.5. The molecule has 8 nitrogen and oxygen atoms in total. The standard InChI is InChI=1S/C28H25N5O3/c1-15-11-16(2)29-27-25(15)30-18(4)33(27)13-19-9-10-22-23(12-19)35-14-20-7-5-6-8-21(20)24(22)17(3)26-31-28(34)36-32-26/h5-12H,13-14H2,1-4H3,(H,31,32,34)/b24-17+. The molecule has 6 rings (SSSR count). The van der Waals surface area contributed by atoms with E-state index in [2.05, 4.69) is 58.0 Å². The summed E-state index contributed by atoms with van der Waals surface area (Å²) in [7, 11) is 0. The topological polar surface area (TPSA) is 98.8 Å². The highest BCUT2D eigenvalue weighted by Gasteiger charge is 2.23. The fraction of sp³-hybridized carbons (Fsp3) is 0.214. The van der Waals surface area contributed by atoms with E-state index in [0.29, 0.717) is 19.0 Å². The molecule has 0 saturated carbocycles. The average Bonchev–Trinajstić information content (AvgIpc) is 3.37. The number of aromatic nitrogens is 5. The van der Waals surface area contributed by atoms with Crippen LogP contribution in [0, 0.1) is 20.8 Å². The summed E-state index contributed by atoms with van der Waals surface area (Å²) in [6, 6.07) is 16.4. The second-order valence-electron chi connectivity index (χ2n) is 9.22. The largest absolute Gasteiger partial charge is 0.488 e. The summed E-state index contributed by atoms with van der Waals surface area (Å²) in [5.74, 6) is 1.51. The number of rotatable bonds is 3. The molecule has 1 aliphatic heterocycles. The van der Waals surface area contributed by atoms with Gasteiger partial charge in [0.1, 0.15) is 23.7 Å². The third-order valence-corrected chi connectivity index (χ3v) is 6.71. The van der Waals surface area contributed by atoms with Gasteiger partial charge in [-0.2, -0.15) is 0 Å². The number of hydrogen-bond acceptors (Lipinski definition) is 6. The third-order valence-electron chi connectivity index (χ3n) is 6.71. The Labute approximate surface area is 207 Å². The van der Waals surface area contributed by atoms with E-state index in [1.54, 1.807) is 0 Å². The lowest BCUT2D eigenvalue weighted by Crippen LogP contribution is -2.05. The predicted molar refractivity (Wildman–Crippen MR) is 137 cm³/mol. The van der Waals surface area contributed by atoms with Crippen LogP contribution >= 0.6 is 0 Å². The molecule has 0 saturated heterocycles. The molecule has 3 aromatic heterocycles. The molecule has 5 aromatic rings. The second kappa shape index (κ2) is 8.34. The molecule has 2 aromatic carbocycles. The molecule has 36 heavy (non-hydrogen) atoms. The highest BCUT2D eigenvalue weighted by atomic mass is 16.5. The first-order chi connectivity index (χ1) is 17.4. The van der Waals surface area contributed by atoms with Crippen molar-refractivity contribution in [2.45, 2.75) is 40.8 Å². The van der Waals surface area contributed by atoms with Gasteiger partial charge in [0.05, 0.1) is 6.54 Å². The van der Waals surface area contributed by atoms with Crippen LogP contribution in [-0.4, -0.2) is 24.7 Å². The number of imidazole rings is 1. The van der Waals surface area contributed by atoms with E-state index in [0.717, 1.165) is 67.4 Å². The zero-order chi connectivity index (χ0) is 25.0. The van der Waals surface area contributed by atoms with Gasteiger partial charge < -0.3 is 9.30 Å². The normalized spacial score (nSPS) is 14.2. The summed E-state index contributed by atoms with van der Waals surface area (Å²) in [5, 5.41) is 3.93. The smallest absolute Gasteiger partial charge is 0.439 e. The molecule has 0 bridgehead atoms. The monoisotopic (exact) mass is 479 g/mol. The van der Waals surface area contributed by atoms with Gasteiger partial charge in [-0.3, -0.25) is 9.51 Å². The molecular weight excluding hydrogens is 454 g/mol. The maximum Gasteiger partial charge on any atom is 0.439 e. The lowest BCUT2D eigenvalue weighted by molar-refractivity contribution is 0.307. The molecule has 4 heterocycles. The Morgan fingerprint density at radius 3 is 2.69 bits per heavy atom. The minimum atomic E-state index is -0.583. The van der Waals surface area contributed by atoms with Crippen molar-refractivity contribution in [3.8, 4) is 5.75 Å². The van der Waals surface area contributed by atoms with Gasteiger partial charge in [-0.25, -0.2) is 14.8 Å². The van der Waals surface area contributed by atoms with E-state index in [9.17, 15) is 4.79 Å². The number of fused-ring (bicyclic) bond motifs is 3. The van der Waals surface area contributed by atoms with Crippen molar-refractivity contribution >= 4 is 22.3 Å². The number of allylic oxidation sites excluding steroid dienone is 1. The predicted octanol–water partition coefficient (Wildman–Crippen LogP) is 4.95. The van der Waals surface area contributed by atoms with Crippen molar-refractivity contribution in [2.24, 2.45) is 0 Å². The fourth-order valence-corrected chi connectivity index (χ4v) is 4.98. The van der Waals surface area contributed by atoms with Crippen LogP contribution in [0.15, 0.2) is 57.8 Å². The van der Waals surface area contributed by atoms with Crippen molar-refractivity contribution in [1.82, 2.24) is 24.7 Å². The molecule has 1 N–H and O–H groups in total. The number of aryl methyl sites for hydroxylation is 3. The molecule has 0 spiro atoms. The van der Waals surface area contributed by atoms with E-state index in [-0.39, 0.29) is 0 Å². The van der Waals surface area contributed by atoms with E-state index < -0.39 is 5.76 Å². The van der Waals surface area contributed by atoms with Crippen LogP contribution in [0.4, 0.5) is 0 Å². The summed E-state index contributed by atoms with van der Waals surface area (Å²) < 4.78 is 13.2. The Hall–Kier alpha value is -4.46. The van der Waals surface area contributed by atoms with Crippen molar-refractivity contribution in [3.63, 3.8) is 0 Å². The first-order valence-electron chi connectivity index (χ1n) is 11.8. The van der Waals surface area contributed by atoms with Crippen molar-refractivity contribution in [1.29, 1.82) is 0 Å². The van der Waals surface area contributed by atoms with Gasteiger partial charge in [-0.05, 0) is 67.7 Å². The molecule has 0 amide bonds. The minimum Gasteiger partial charge on any atom is -0.488 e. The molecule has 0 aliphatic carbocycles. The SMILES string of the molecule is C/C(=C1/c2ccccc2COc2cc(Cn3c(C)nc4c(C)cc(C)nc43)ccc21)c1noc(=O)[nH]1. The number of pyridine rings is 1. The molecule has 0 radical (unpaired) electrons. The average molecular weight is 480 g/mol. The lowest BCUT2D eigenvalue weighted by Gasteiger charge is -2.15. The Morgan fingerprint density at radius 1 is 1.06 bits per heavy atom.